The van der Waals surface area contributed by atoms with Gasteiger partial charge in [-0.2, -0.15) is 0 Å². The molecule has 84 valence electrons. The first kappa shape index (κ1) is 12.9. The average molecular weight is 245 g/mol. The first-order valence-corrected chi connectivity index (χ1v) is 6.14. The van der Waals surface area contributed by atoms with E-state index in [1.165, 1.54) is 11.1 Å². The van der Waals surface area contributed by atoms with Crippen LogP contribution in [0, 0.1) is 19.8 Å². The fourth-order valence-electron chi connectivity index (χ4n) is 1.58. The second-order valence-electron chi connectivity index (χ2n) is 4.56. The zero-order valence-electron chi connectivity index (χ0n) is 9.77. The van der Waals surface area contributed by atoms with E-state index in [9.17, 15) is 0 Å². The smallest absolute Gasteiger partial charge is 0.0602 e. The molecule has 0 aliphatic rings. The fraction of sp³-hybridized carbons (Fsp3) is 0.538. The molecule has 0 heterocycles. The van der Waals surface area contributed by atoms with E-state index in [2.05, 4.69) is 33.8 Å². The molecular formula is C13H18Cl2. The minimum atomic E-state index is 0.0248. The highest BCUT2D eigenvalue weighted by atomic mass is 35.5. The Labute approximate surface area is 103 Å². The van der Waals surface area contributed by atoms with Crippen LogP contribution in [0.15, 0.2) is 12.1 Å². The van der Waals surface area contributed by atoms with Crippen LogP contribution in [-0.4, -0.2) is 0 Å². The van der Waals surface area contributed by atoms with Crippen LogP contribution in [0.5, 0.6) is 0 Å². The zero-order chi connectivity index (χ0) is 11.6. The minimum Gasteiger partial charge on any atom is -0.118 e. The van der Waals surface area contributed by atoms with Crippen LogP contribution >= 0.6 is 23.2 Å². The molecule has 0 spiro atoms. The summed E-state index contributed by atoms with van der Waals surface area (Å²) in [6.45, 7) is 8.50. The first-order valence-electron chi connectivity index (χ1n) is 5.32. The second-order valence-corrected chi connectivity index (χ2v) is 5.49. The highest BCUT2D eigenvalue weighted by Crippen LogP contribution is 2.34. The van der Waals surface area contributed by atoms with Crippen LogP contribution in [0.2, 0.25) is 5.02 Å². The molecule has 0 saturated heterocycles. The molecule has 0 aromatic heterocycles. The van der Waals surface area contributed by atoms with Crippen molar-refractivity contribution in [1.29, 1.82) is 0 Å². The lowest BCUT2D eigenvalue weighted by atomic mass is 9.99. The van der Waals surface area contributed by atoms with Gasteiger partial charge in [0.15, 0.2) is 0 Å². The predicted octanol–water partition coefficient (Wildman–Crippen LogP) is 5.28. The van der Waals surface area contributed by atoms with E-state index >= 15 is 0 Å². The summed E-state index contributed by atoms with van der Waals surface area (Å²) < 4.78 is 0. The normalized spacial score (nSPS) is 13.3. The molecule has 1 aromatic carbocycles. The minimum absolute atomic E-state index is 0.0248. The van der Waals surface area contributed by atoms with Crippen molar-refractivity contribution < 1.29 is 0 Å². The summed E-state index contributed by atoms with van der Waals surface area (Å²) in [5.74, 6) is 0.588. The van der Waals surface area contributed by atoms with Crippen LogP contribution in [0.3, 0.4) is 0 Å². The van der Waals surface area contributed by atoms with E-state index in [4.69, 9.17) is 23.2 Å². The molecule has 0 radical (unpaired) electrons. The van der Waals surface area contributed by atoms with Gasteiger partial charge in [0.05, 0.1) is 5.38 Å². The molecule has 15 heavy (non-hydrogen) atoms. The van der Waals surface area contributed by atoms with Gasteiger partial charge in [-0.15, -0.1) is 11.6 Å². The number of rotatable bonds is 3. The highest BCUT2D eigenvalue weighted by Gasteiger charge is 2.14. The Morgan fingerprint density at radius 2 is 1.67 bits per heavy atom. The van der Waals surface area contributed by atoms with Gasteiger partial charge in [0.2, 0.25) is 0 Å². The number of halogens is 2. The van der Waals surface area contributed by atoms with Crippen molar-refractivity contribution in [2.24, 2.45) is 5.92 Å². The number of alkyl halides is 1. The lowest BCUT2D eigenvalue weighted by Gasteiger charge is -2.15. The van der Waals surface area contributed by atoms with E-state index in [1.807, 2.05) is 6.07 Å². The maximum Gasteiger partial charge on any atom is 0.0602 e. The summed E-state index contributed by atoms with van der Waals surface area (Å²) in [5.41, 5.74) is 3.54. The summed E-state index contributed by atoms with van der Waals surface area (Å²) >= 11 is 12.5. The molecule has 0 fully saturated rings. The fourth-order valence-corrected chi connectivity index (χ4v) is 2.53. The Hall–Kier alpha value is -0.200. The van der Waals surface area contributed by atoms with E-state index in [0.29, 0.717) is 5.92 Å². The average Bonchev–Trinajstić information content (AvgIpc) is 2.09. The van der Waals surface area contributed by atoms with Crippen LogP contribution in [0.4, 0.5) is 0 Å². The van der Waals surface area contributed by atoms with Gasteiger partial charge in [-0.25, -0.2) is 0 Å². The highest BCUT2D eigenvalue weighted by molar-refractivity contribution is 6.32. The molecule has 0 saturated carbocycles. The summed E-state index contributed by atoms with van der Waals surface area (Å²) in [4.78, 5) is 0. The molecule has 0 aliphatic heterocycles. The van der Waals surface area contributed by atoms with Gasteiger partial charge in [0.1, 0.15) is 0 Å². The molecule has 1 unspecified atom stereocenters. The SMILES string of the molecule is Cc1cc(Cl)c(C(Cl)CC(C)C)cc1C. The number of hydrogen-bond acceptors (Lipinski definition) is 0. The molecule has 0 amide bonds. The molecular weight excluding hydrogens is 227 g/mol. The van der Waals surface area contributed by atoms with Crippen LogP contribution in [0.25, 0.3) is 0 Å². The monoisotopic (exact) mass is 244 g/mol. The second kappa shape index (κ2) is 5.23. The van der Waals surface area contributed by atoms with Crippen LogP contribution < -0.4 is 0 Å². The molecule has 0 N–H and O–H groups in total. The third kappa shape index (κ3) is 3.39. The lowest BCUT2D eigenvalue weighted by molar-refractivity contribution is 0.575. The maximum atomic E-state index is 6.35. The van der Waals surface area contributed by atoms with E-state index in [1.54, 1.807) is 0 Å². The lowest BCUT2D eigenvalue weighted by Crippen LogP contribution is -1.98. The Bertz CT molecular complexity index is 343. The number of benzene rings is 1. The van der Waals surface area contributed by atoms with Crippen molar-refractivity contribution in [1.82, 2.24) is 0 Å². The van der Waals surface area contributed by atoms with Crippen LogP contribution in [0.1, 0.15) is 42.3 Å². The predicted molar refractivity (Wildman–Crippen MR) is 69.0 cm³/mol. The number of aryl methyl sites for hydroxylation is 2. The molecule has 0 nitrogen and oxygen atoms in total. The van der Waals surface area contributed by atoms with Gasteiger partial charge in [-0.3, -0.25) is 0 Å². The molecule has 0 bridgehead atoms. The quantitative estimate of drug-likeness (QED) is 0.635. The van der Waals surface area contributed by atoms with E-state index in [0.717, 1.165) is 17.0 Å². The van der Waals surface area contributed by atoms with Gasteiger partial charge >= 0.3 is 0 Å². The molecule has 2 heteroatoms. The number of hydrogen-bond donors (Lipinski definition) is 0. The van der Waals surface area contributed by atoms with Crippen molar-refractivity contribution in [2.75, 3.05) is 0 Å². The van der Waals surface area contributed by atoms with Crippen molar-refractivity contribution in [3.63, 3.8) is 0 Å². The van der Waals surface area contributed by atoms with Gasteiger partial charge < -0.3 is 0 Å². The summed E-state index contributed by atoms with van der Waals surface area (Å²) in [6, 6.07) is 4.11. The van der Waals surface area contributed by atoms with Crippen molar-refractivity contribution >= 4 is 23.2 Å². The molecule has 1 rings (SSSR count). The van der Waals surface area contributed by atoms with Crippen molar-refractivity contribution in [3.05, 3.63) is 33.8 Å². The van der Waals surface area contributed by atoms with Gasteiger partial charge in [0.25, 0.3) is 0 Å². The summed E-state index contributed by atoms with van der Waals surface area (Å²) in [7, 11) is 0. The maximum absolute atomic E-state index is 6.35. The largest absolute Gasteiger partial charge is 0.118 e. The van der Waals surface area contributed by atoms with Crippen LogP contribution in [-0.2, 0) is 0 Å². The zero-order valence-corrected chi connectivity index (χ0v) is 11.3. The summed E-state index contributed by atoms with van der Waals surface area (Å²) in [5, 5.41) is 0.815. The van der Waals surface area contributed by atoms with Gasteiger partial charge in [-0.1, -0.05) is 31.5 Å². The molecule has 1 aromatic rings. The molecule has 1 atom stereocenters. The third-order valence-electron chi connectivity index (χ3n) is 2.63. The Morgan fingerprint density at radius 1 is 1.13 bits per heavy atom. The third-order valence-corrected chi connectivity index (χ3v) is 3.37. The summed E-state index contributed by atoms with van der Waals surface area (Å²) in [6.07, 6.45) is 0.962. The standard InChI is InChI=1S/C13H18Cl2/c1-8(2)5-12(14)11-6-9(3)10(4)7-13(11)15/h6-8,12H,5H2,1-4H3. The van der Waals surface area contributed by atoms with E-state index < -0.39 is 0 Å². The first-order chi connectivity index (χ1) is 6.91. The van der Waals surface area contributed by atoms with Crippen molar-refractivity contribution in [2.45, 2.75) is 39.5 Å². The Morgan fingerprint density at radius 3 is 2.20 bits per heavy atom. The van der Waals surface area contributed by atoms with Gasteiger partial charge in [-0.05, 0) is 48.9 Å². The Kier molecular flexibility index (Phi) is 4.48. The Balaban J connectivity index is 2.98. The topological polar surface area (TPSA) is 0 Å². The van der Waals surface area contributed by atoms with Crippen molar-refractivity contribution in [3.8, 4) is 0 Å². The van der Waals surface area contributed by atoms with E-state index in [-0.39, 0.29) is 5.38 Å². The molecule has 0 aliphatic carbocycles. The van der Waals surface area contributed by atoms with Gasteiger partial charge in [0, 0.05) is 5.02 Å².